The number of hydrogen-bond donors (Lipinski definition) is 2. The molecule has 1 aromatic carbocycles. The molecule has 0 aliphatic carbocycles. The van der Waals surface area contributed by atoms with Crippen molar-refractivity contribution >= 4 is 15.9 Å². The van der Waals surface area contributed by atoms with E-state index in [0.29, 0.717) is 0 Å². The number of pyridine rings is 2. The van der Waals surface area contributed by atoms with Crippen molar-refractivity contribution in [3.63, 3.8) is 0 Å². The molecule has 23 heavy (non-hydrogen) atoms. The third-order valence-electron chi connectivity index (χ3n) is 4.34. The predicted octanol–water partition coefficient (Wildman–Crippen LogP) is 3.09. The van der Waals surface area contributed by atoms with Gasteiger partial charge < -0.3 is 5.73 Å². The minimum atomic E-state index is -0.532. The summed E-state index contributed by atoms with van der Waals surface area (Å²) in [6.07, 6.45) is 7.04. The molecular weight excluding hydrogens is 352 g/mol. The molecule has 1 aliphatic heterocycles. The van der Waals surface area contributed by atoms with Crippen molar-refractivity contribution in [1.82, 2.24) is 15.3 Å². The Morgan fingerprint density at radius 1 is 1.00 bits per heavy atom. The summed E-state index contributed by atoms with van der Waals surface area (Å²) in [5.41, 5.74) is 10.2. The Morgan fingerprint density at radius 3 is 2.57 bits per heavy atom. The summed E-state index contributed by atoms with van der Waals surface area (Å²) in [6, 6.07) is 14.3. The van der Waals surface area contributed by atoms with Crippen LogP contribution in [0.1, 0.15) is 28.4 Å². The van der Waals surface area contributed by atoms with Gasteiger partial charge in [0, 0.05) is 34.8 Å². The lowest BCUT2D eigenvalue weighted by molar-refractivity contribution is 0.455. The van der Waals surface area contributed by atoms with Crippen LogP contribution in [0.4, 0.5) is 0 Å². The van der Waals surface area contributed by atoms with Gasteiger partial charge in [-0.1, -0.05) is 28.1 Å². The minimum absolute atomic E-state index is 0.250. The lowest BCUT2D eigenvalue weighted by Gasteiger charge is -2.32. The van der Waals surface area contributed by atoms with E-state index in [4.69, 9.17) is 5.73 Å². The number of nitrogens with two attached hydrogens (primary N) is 1. The lowest BCUT2D eigenvalue weighted by atomic mass is 9.79. The summed E-state index contributed by atoms with van der Waals surface area (Å²) < 4.78 is 1.02. The quantitative estimate of drug-likeness (QED) is 0.731. The molecule has 0 fully saturated rings. The van der Waals surface area contributed by atoms with E-state index in [9.17, 15) is 0 Å². The normalized spacial score (nSPS) is 22.8. The molecule has 5 heteroatoms. The first-order chi connectivity index (χ1) is 11.2. The van der Waals surface area contributed by atoms with Crippen LogP contribution in [0.25, 0.3) is 0 Å². The number of nitrogens with one attached hydrogen (secondary N) is 1. The van der Waals surface area contributed by atoms with E-state index in [1.165, 1.54) is 0 Å². The van der Waals surface area contributed by atoms with Crippen LogP contribution in [0.2, 0.25) is 0 Å². The summed E-state index contributed by atoms with van der Waals surface area (Å²) in [6.45, 7) is 0. The van der Waals surface area contributed by atoms with Crippen molar-refractivity contribution in [2.75, 3.05) is 0 Å². The number of fused-ring (bicyclic) bond motifs is 1. The van der Waals surface area contributed by atoms with Crippen LogP contribution in [-0.4, -0.2) is 9.97 Å². The molecule has 3 heterocycles. The molecule has 2 atom stereocenters. The van der Waals surface area contributed by atoms with Crippen molar-refractivity contribution in [2.45, 2.75) is 11.7 Å². The summed E-state index contributed by atoms with van der Waals surface area (Å²) in [5, 5.41) is 3.58. The number of rotatable bonds is 2. The van der Waals surface area contributed by atoms with Crippen LogP contribution in [0.3, 0.4) is 0 Å². The molecule has 2 aromatic heterocycles. The van der Waals surface area contributed by atoms with Gasteiger partial charge in [0.1, 0.15) is 0 Å². The van der Waals surface area contributed by atoms with E-state index in [-0.39, 0.29) is 6.17 Å². The number of hydrogen-bond acceptors (Lipinski definition) is 4. The average Bonchev–Trinajstić information content (AvgIpc) is 2.90. The Hall–Kier alpha value is -2.08. The molecule has 0 saturated carbocycles. The van der Waals surface area contributed by atoms with E-state index in [0.717, 1.165) is 26.7 Å². The molecule has 3 N–H and O–H groups in total. The van der Waals surface area contributed by atoms with Gasteiger partial charge in [-0.25, -0.2) is 0 Å². The average molecular weight is 367 g/mol. The molecule has 0 spiro atoms. The third kappa shape index (κ3) is 2.20. The molecular formula is C18H15BrN4. The van der Waals surface area contributed by atoms with Crippen molar-refractivity contribution in [2.24, 2.45) is 5.73 Å². The number of benzene rings is 1. The zero-order chi connectivity index (χ0) is 15.9. The molecule has 2 unspecified atom stereocenters. The highest BCUT2D eigenvalue weighted by atomic mass is 79.9. The van der Waals surface area contributed by atoms with Crippen LogP contribution in [0, 0.1) is 0 Å². The van der Waals surface area contributed by atoms with Gasteiger partial charge >= 0.3 is 0 Å². The van der Waals surface area contributed by atoms with Crippen molar-refractivity contribution in [3.05, 3.63) is 94.0 Å². The van der Waals surface area contributed by atoms with Crippen LogP contribution >= 0.6 is 15.9 Å². The molecule has 0 bridgehead atoms. The fourth-order valence-corrected chi connectivity index (χ4v) is 3.75. The monoisotopic (exact) mass is 366 g/mol. The van der Waals surface area contributed by atoms with Gasteiger partial charge in [0.2, 0.25) is 0 Å². The van der Waals surface area contributed by atoms with Gasteiger partial charge in [-0.2, -0.15) is 0 Å². The topological polar surface area (TPSA) is 63.8 Å². The van der Waals surface area contributed by atoms with E-state index in [1.54, 1.807) is 18.6 Å². The highest BCUT2D eigenvalue weighted by Gasteiger charge is 2.45. The summed E-state index contributed by atoms with van der Waals surface area (Å²) >= 11 is 3.57. The summed E-state index contributed by atoms with van der Waals surface area (Å²) in [4.78, 5) is 8.49. The van der Waals surface area contributed by atoms with Gasteiger partial charge in [-0.15, -0.1) is 0 Å². The Balaban J connectivity index is 2.05. The Labute approximate surface area is 142 Å². The van der Waals surface area contributed by atoms with Gasteiger partial charge in [0.05, 0.1) is 11.7 Å². The first kappa shape index (κ1) is 14.5. The molecule has 4 nitrogen and oxygen atoms in total. The fraction of sp³-hybridized carbons (Fsp3) is 0.111. The van der Waals surface area contributed by atoms with E-state index < -0.39 is 5.54 Å². The third-order valence-corrected chi connectivity index (χ3v) is 4.83. The molecule has 114 valence electrons. The van der Waals surface area contributed by atoms with Crippen LogP contribution < -0.4 is 11.1 Å². The highest BCUT2D eigenvalue weighted by molar-refractivity contribution is 9.10. The van der Waals surface area contributed by atoms with Crippen molar-refractivity contribution in [3.8, 4) is 0 Å². The highest BCUT2D eigenvalue weighted by Crippen LogP contribution is 2.45. The maximum absolute atomic E-state index is 6.37. The van der Waals surface area contributed by atoms with Gasteiger partial charge in [0.15, 0.2) is 0 Å². The van der Waals surface area contributed by atoms with Gasteiger partial charge in [-0.3, -0.25) is 15.3 Å². The fourth-order valence-electron chi connectivity index (χ4n) is 3.35. The zero-order valence-electron chi connectivity index (χ0n) is 12.3. The van der Waals surface area contributed by atoms with Crippen LogP contribution in [-0.2, 0) is 5.54 Å². The van der Waals surface area contributed by atoms with Gasteiger partial charge in [0.25, 0.3) is 0 Å². The van der Waals surface area contributed by atoms with Crippen molar-refractivity contribution < 1.29 is 0 Å². The maximum atomic E-state index is 6.37. The lowest BCUT2D eigenvalue weighted by Crippen LogP contribution is -2.42. The largest absolute Gasteiger partial charge is 0.312 e. The number of halogens is 1. The molecule has 1 aliphatic rings. The SMILES string of the molecule is NC1NC(c2ccncc2)(c2cccc(Br)c2)c2cnccc21. The number of aromatic nitrogens is 2. The Kier molecular flexibility index (Phi) is 3.49. The maximum Gasteiger partial charge on any atom is 0.0982 e. The second-order valence-electron chi connectivity index (χ2n) is 5.58. The van der Waals surface area contributed by atoms with Crippen molar-refractivity contribution in [1.29, 1.82) is 0 Å². The predicted molar refractivity (Wildman–Crippen MR) is 92.6 cm³/mol. The smallest absolute Gasteiger partial charge is 0.0982 e. The first-order valence-corrected chi connectivity index (χ1v) is 8.15. The summed E-state index contributed by atoms with van der Waals surface area (Å²) in [5.74, 6) is 0. The number of nitrogens with zero attached hydrogens (tertiary/aromatic N) is 2. The standard InChI is InChI=1S/C18H15BrN4/c19-14-3-1-2-13(10-14)18(12-4-7-21-8-5-12)16-11-22-9-6-15(16)17(20)23-18/h1-11,17,23H,20H2. The molecule has 0 amide bonds. The second-order valence-corrected chi connectivity index (χ2v) is 6.50. The molecule has 0 radical (unpaired) electrons. The van der Waals surface area contributed by atoms with Crippen LogP contribution in [0.5, 0.6) is 0 Å². The Morgan fingerprint density at radius 2 is 1.78 bits per heavy atom. The zero-order valence-corrected chi connectivity index (χ0v) is 13.9. The Bertz CT molecular complexity index is 852. The van der Waals surface area contributed by atoms with E-state index in [2.05, 4.69) is 43.3 Å². The second kappa shape index (κ2) is 5.53. The van der Waals surface area contributed by atoms with E-state index >= 15 is 0 Å². The molecule has 4 rings (SSSR count). The summed E-state index contributed by atoms with van der Waals surface area (Å²) in [7, 11) is 0. The molecule has 3 aromatic rings. The van der Waals surface area contributed by atoms with E-state index in [1.807, 2.05) is 36.5 Å². The first-order valence-electron chi connectivity index (χ1n) is 7.36. The minimum Gasteiger partial charge on any atom is -0.312 e. The van der Waals surface area contributed by atoms with Crippen LogP contribution in [0.15, 0.2) is 71.7 Å². The van der Waals surface area contributed by atoms with Gasteiger partial charge in [-0.05, 0) is 47.0 Å². The molecule has 0 saturated heterocycles.